The van der Waals surface area contributed by atoms with Gasteiger partial charge >= 0.3 is 0 Å². The van der Waals surface area contributed by atoms with Gasteiger partial charge in [0.1, 0.15) is 0 Å². The van der Waals surface area contributed by atoms with Crippen molar-refractivity contribution in [3.8, 4) is 0 Å². The third-order valence-corrected chi connectivity index (χ3v) is 4.52. The number of anilines is 2. The van der Waals surface area contributed by atoms with Crippen LogP contribution in [-0.2, 0) is 6.42 Å². The summed E-state index contributed by atoms with van der Waals surface area (Å²) in [4.78, 5) is 12.5. The van der Waals surface area contributed by atoms with Gasteiger partial charge in [0.2, 0.25) is 0 Å². The summed E-state index contributed by atoms with van der Waals surface area (Å²) in [6, 6.07) is 25.2. The van der Waals surface area contributed by atoms with Crippen LogP contribution in [0.15, 0.2) is 97.2 Å². The number of amides is 1. The van der Waals surface area contributed by atoms with Crippen molar-refractivity contribution in [3.05, 3.63) is 114 Å². The largest absolute Gasteiger partial charge is 0.398 e. The van der Waals surface area contributed by atoms with Crippen molar-refractivity contribution in [2.45, 2.75) is 6.42 Å². The fourth-order valence-electron chi connectivity index (χ4n) is 2.89. The normalized spacial score (nSPS) is 11.0. The van der Waals surface area contributed by atoms with E-state index in [1.54, 1.807) is 24.3 Å². The minimum absolute atomic E-state index is 0.193. The van der Waals surface area contributed by atoms with Gasteiger partial charge in [0.05, 0.1) is 0 Å². The highest BCUT2D eigenvalue weighted by molar-refractivity contribution is 5.96. The minimum Gasteiger partial charge on any atom is -0.398 e. The fraction of sp³-hybridized carbons (Fsp3) is 0.0800. The number of benzene rings is 3. The third kappa shape index (κ3) is 5.84. The van der Waals surface area contributed by atoms with Gasteiger partial charge in [-0.05, 0) is 60.0 Å². The Morgan fingerprint density at radius 2 is 1.62 bits per heavy atom. The Hall–Kier alpha value is -3.79. The first-order chi connectivity index (χ1) is 14.2. The lowest BCUT2D eigenvalue weighted by Gasteiger charge is -2.09. The standard InChI is InChI=1S/C25H25N3O/c1-2-22(18-21-10-6-7-11-24(21)26)28-25(29)20-12-14-23(15-13-20)27-17-16-19-8-4-3-5-9-19/h2-15,18,27H,1,16-17,26H2,(H,28,29)/b22-18+. The van der Waals surface area contributed by atoms with Gasteiger partial charge in [0, 0.05) is 29.2 Å². The molecule has 4 nitrogen and oxygen atoms in total. The molecule has 0 saturated heterocycles. The Balaban J connectivity index is 1.58. The number of nitrogens with two attached hydrogens (primary N) is 1. The van der Waals surface area contributed by atoms with Gasteiger partial charge in [-0.2, -0.15) is 0 Å². The number of hydrogen-bond acceptors (Lipinski definition) is 3. The van der Waals surface area contributed by atoms with Gasteiger partial charge in [0.25, 0.3) is 5.91 Å². The van der Waals surface area contributed by atoms with Crippen LogP contribution in [0.3, 0.4) is 0 Å². The Bertz CT molecular complexity index is 992. The second kappa shape index (κ2) is 9.95. The van der Waals surface area contributed by atoms with Crippen molar-refractivity contribution in [2.75, 3.05) is 17.6 Å². The summed E-state index contributed by atoms with van der Waals surface area (Å²) in [6.45, 7) is 4.60. The van der Waals surface area contributed by atoms with E-state index in [4.69, 9.17) is 5.73 Å². The molecule has 0 spiro atoms. The molecule has 0 fully saturated rings. The van der Waals surface area contributed by atoms with E-state index in [0.717, 1.165) is 24.2 Å². The van der Waals surface area contributed by atoms with Crippen LogP contribution in [0.25, 0.3) is 6.08 Å². The van der Waals surface area contributed by atoms with Gasteiger partial charge in [-0.15, -0.1) is 0 Å². The Kier molecular flexibility index (Phi) is 6.85. The minimum atomic E-state index is -0.193. The molecule has 0 heterocycles. The van der Waals surface area contributed by atoms with Crippen LogP contribution >= 0.6 is 0 Å². The van der Waals surface area contributed by atoms with Crippen LogP contribution in [0.4, 0.5) is 11.4 Å². The first kappa shape index (κ1) is 20.0. The van der Waals surface area contributed by atoms with E-state index in [1.807, 2.05) is 54.6 Å². The number of nitrogens with one attached hydrogen (secondary N) is 2. The highest BCUT2D eigenvalue weighted by atomic mass is 16.1. The monoisotopic (exact) mass is 383 g/mol. The molecule has 3 aromatic carbocycles. The summed E-state index contributed by atoms with van der Waals surface area (Å²) in [5.74, 6) is -0.193. The smallest absolute Gasteiger partial charge is 0.255 e. The highest BCUT2D eigenvalue weighted by Gasteiger charge is 2.07. The zero-order chi connectivity index (χ0) is 20.5. The van der Waals surface area contributed by atoms with Gasteiger partial charge in [-0.3, -0.25) is 4.79 Å². The van der Waals surface area contributed by atoms with Crippen molar-refractivity contribution >= 4 is 23.4 Å². The number of carbonyl (C=O) groups is 1. The summed E-state index contributed by atoms with van der Waals surface area (Å²) < 4.78 is 0. The molecule has 0 radical (unpaired) electrons. The summed E-state index contributed by atoms with van der Waals surface area (Å²) in [5, 5.41) is 6.25. The molecule has 4 N–H and O–H groups in total. The lowest BCUT2D eigenvalue weighted by molar-refractivity contribution is 0.0967. The fourth-order valence-corrected chi connectivity index (χ4v) is 2.89. The van der Waals surface area contributed by atoms with Crippen molar-refractivity contribution < 1.29 is 4.79 Å². The zero-order valence-corrected chi connectivity index (χ0v) is 16.3. The summed E-state index contributed by atoms with van der Waals surface area (Å²) in [5.41, 5.74) is 10.9. The molecule has 0 atom stereocenters. The predicted molar refractivity (Wildman–Crippen MR) is 122 cm³/mol. The van der Waals surface area contributed by atoms with Gasteiger partial charge in [-0.1, -0.05) is 55.1 Å². The number of hydrogen-bond donors (Lipinski definition) is 3. The lowest BCUT2D eigenvalue weighted by Crippen LogP contribution is -2.21. The van der Waals surface area contributed by atoms with Gasteiger partial charge in [-0.25, -0.2) is 0 Å². The maximum Gasteiger partial charge on any atom is 0.255 e. The molecule has 0 unspecified atom stereocenters. The molecule has 0 saturated carbocycles. The zero-order valence-electron chi connectivity index (χ0n) is 16.3. The first-order valence-electron chi connectivity index (χ1n) is 9.53. The van der Waals surface area contributed by atoms with E-state index < -0.39 is 0 Å². The highest BCUT2D eigenvalue weighted by Crippen LogP contribution is 2.15. The average Bonchev–Trinajstić information content (AvgIpc) is 2.76. The van der Waals surface area contributed by atoms with Crippen LogP contribution in [0.1, 0.15) is 21.5 Å². The molecule has 0 aromatic heterocycles. The molecule has 3 aromatic rings. The number of rotatable bonds is 8. The number of allylic oxidation sites excluding steroid dienone is 1. The summed E-state index contributed by atoms with van der Waals surface area (Å²) in [6.07, 6.45) is 4.35. The molecule has 146 valence electrons. The Labute approximate surface area is 171 Å². The third-order valence-electron chi connectivity index (χ3n) is 4.52. The van der Waals surface area contributed by atoms with E-state index in [0.29, 0.717) is 16.9 Å². The molecule has 3 rings (SSSR count). The predicted octanol–water partition coefficient (Wildman–Crippen LogP) is 4.88. The topological polar surface area (TPSA) is 67.1 Å². The average molecular weight is 383 g/mol. The molecular weight excluding hydrogens is 358 g/mol. The van der Waals surface area contributed by atoms with Crippen molar-refractivity contribution in [1.82, 2.24) is 5.32 Å². The van der Waals surface area contributed by atoms with E-state index in [9.17, 15) is 4.79 Å². The van der Waals surface area contributed by atoms with Crippen LogP contribution in [0.2, 0.25) is 0 Å². The second-order valence-corrected chi connectivity index (χ2v) is 6.63. The van der Waals surface area contributed by atoms with Crippen LogP contribution in [-0.4, -0.2) is 12.5 Å². The van der Waals surface area contributed by atoms with E-state index in [-0.39, 0.29) is 5.91 Å². The van der Waals surface area contributed by atoms with Crippen molar-refractivity contribution in [3.63, 3.8) is 0 Å². The summed E-state index contributed by atoms with van der Waals surface area (Å²) >= 11 is 0. The van der Waals surface area contributed by atoms with Crippen LogP contribution < -0.4 is 16.4 Å². The second-order valence-electron chi connectivity index (χ2n) is 6.63. The molecule has 0 aliphatic rings. The Morgan fingerprint density at radius 1 is 0.931 bits per heavy atom. The molecular formula is C25H25N3O. The van der Waals surface area contributed by atoms with Gasteiger partial charge < -0.3 is 16.4 Å². The SMILES string of the molecule is C=C/C(=C\c1ccccc1N)NC(=O)c1ccc(NCCc2ccccc2)cc1. The van der Waals surface area contributed by atoms with E-state index in [1.165, 1.54) is 5.56 Å². The van der Waals surface area contributed by atoms with Crippen molar-refractivity contribution in [2.24, 2.45) is 0 Å². The molecule has 0 bridgehead atoms. The number of nitrogen functional groups attached to an aromatic ring is 1. The quantitative estimate of drug-likeness (QED) is 0.384. The van der Waals surface area contributed by atoms with Crippen LogP contribution in [0, 0.1) is 0 Å². The summed E-state index contributed by atoms with van der Waals surface area (Å²) in [7, 11) is 0. The maximum absolute atomic E-state index is 12.5. The lowest BCUT2D eigenvalue weighted by atomic mass is 10.1. The number of carbonyl (C=O) groups excluding carboxylic acids is 1. The number of para-hydroxylation sites is 1. The Morgan fingerprint density at radius 3 is 2.31 bits per heavy atom. The van der Waals surface area contributed by atoms with E-state index >= 15 is 0 Å². The first-order valence-corrected chi connectivity index (χ1v) is 9.53. The van der Waals surface area contributed by atoms with Crippen LogP contribution in [0.5, 0.6) is 0 Å². The molecule has 29 heavy (non-hydrogen) atoms. The van der Waals surface area contributed by atoms with Crippen molar-refractivity contribution in [1.29, 1.82) is 0 Å². The molecule has 4 heteroatoms. The molecule has 1 amide bonds. The molecule has 0 aliphatic carbocycles. The maximum atomic E-state index is 12.5. The van der Waals surface area contributed by atoms with Gasteiger partial charge in [0.15, 0.2) is 0 Å². The van der Waals surface area contributed by atoms with E-state index in [2.05, 4.69) is 29.3 Å². The molecule has 0 aliphatic heterocycles.